The smallest absolute Gasteiger partial charge is 0.0542 e. The first-order valence-electron chi connectivity index (χ1n) is 16.6. The highest BCUT2D eigenvalue weighted by atomic mass is 15.1. The predicted octanol–water partition coefficient (Wildman–Crippen LogP) is 12.4. The molecule has 7 aromatic carbocycles. The minimum absolute atomic E-state index is 0.280. The van der Waals surface area contributed by atoms with E-state index in [-0.39, 0.29) is 5.41 Å². The fourth-order valence-electron chi connectivity index (χ4n) is 7.71. The molecule has 1 heterocycles. The van der Waals surface area contributed by atoms with E-state index >= 15 is 0 Å². The third kappa shape index (κ3) is 4.27. The molecular weight excluding hydrogens is 581 g/mol. The molecule has 0 saturated carbocycles. The zero-order valence-electron chi connectivity index (χ0n) is 26.8. The molecule has 228 valence electrons. The number of allylic oxidation sites excluding steroid dienone is 1. The summed E-state index contributed by atoms with van der Waals surface area (Å²) in [6.07, 6.45) is 2.10. The molecule has 1 aliphatic rings. The van der Waals surface area contributed by atoms with Gasteiger partial charge in [0, 0.05) is 38.9 Å². The van der Waals surface area contributed by atoms with Crippen molar-refractivity contribution in [2.24, 2.45) is 0 Å². The van der Waals surface area contributed by atoms with Crippen molar-refractivity contribution in [3.05, 3.63) is 194 Å². The highest BCUT2D eigenvalue weighted by molar-refractivity contribution is 6.10. The number of hydrogen-bond acceptors (Lipinski definition) is 1. The summed E-state index contributed by atoms with van der Waals surface area (Å²) in [6, 6.07) is 61.5. The van der Waals surface area contributed by atoms with Crippen LogP contribution in [0.1, 0.15) is 18.1 Å². The number of anilines is 3. The van der Waals surface area contributed by atoms with Crippen LogP contribution < -0.4 is 4.90 Å². The summed E-state index contributed by atoms with van der Waals surface area (Å²) in [4.78, 5) is 2.40. The maximum atomic E-state index is 4.32. The number of fused-ring (bicyclic) bond motifs is 6. The van der Waals surface area contributed by atoms with Crippen LogP contribution in [0.25, 0.3) is 49.7 Å². The van der Waals surface area contributed by atoms with Gasteiger partial charge in [-0.3, -0.25) is 0 Å². The third-order valence-corrected chi connectivity index (χ3v) is 10.2. The fourth-order valence-corrected chi connectivity index (χ4v) is 7.71. The molecule has 48 heavy (non-hydrogen) atoms. The van der Waals surface area contributed by atoms with E-state index in [1.54, 1.807) is 0 Å². The molecule has 1 unspecified atom stereocenters. The van der Waals surface area contributed by atoms with E-state index in [9.17, 15) is 0 Å². The second-order valence-corrected chi connectivity index (χ2v) is 12.8. The fraction of sp³-hybridized carbons (Fsp3) is 0.0435. The maximum Gasteiger partial charge on any atom is 0.0542 e. The highest BCUT2D eigenvalue weighted by Crippen LogP contribution is 2.51. The van der Waals surface area contributed by atoms with E-state index in [1.165, 1.54) is 55.2 Å². The molecule has 0 bridgehead atoms. The van der Waals surface area contributed by atoms with Crippen LogP contribution in [0.4, 0.5) is 17.1 Å². The number of hydrogen-bond donors (Lipinski definition) is 0. The van der Waals surface area contributed by atoms with Crippen LogP contribution in [0.5, 0.6) is 0 Å². The maximum absolute atomic E-state index is 4.32. The normalized spacial score (nSPS) is 14.9. The lowest BCUT2D eigenvalue weighted by Gasteiger charge is -2.28. The highest BCUT2D eigenvalue weighted by Gasteiger charge is 2.37. The zero-order chi connectivity index (χ0) is 32.2. The summed E-state index contributed by atoms with van der Waals surface area (Å²) in [6.45, 7) is 6.61. The first-order chi connectivity index (χ1) is 23.6. The Morgan fingerprint density at radius 3 is 1.88 bits per heavy atom. The molecule has 0 fully saturated rings. The Hall–Kier alpha value is -6.12. The second-order valence-electron chi connectivity index (χ2n) is 12.8. The quantitative estimate of drug-likeness (QED) is 0.169. The van der Waals surface area contributed by atoms with Gasteiger partial charge in [-0.1, -0.05) is 115 Å². The third-order valence-electron chi connectivity index (χ3n) is 10.2. The van der Waals surface area contributed by atoms with Crippen molar-refractivity contribution in [3.8, 4) is 27.9 Å². The van der Waals surface area contributed by atoms with Gasteiger partial charge in [0.1, 0.15) is 0 Å². The van der Waals surface area contributed by atoms with Crippen LogP contribution >= 0.6 is 0 Å². The van der Waals surface area contributed by atoms with E-state index in [0.717, 1.165) is 22.7 Å². The van der Waals surface area contributed by atoms with Gasteiger partial charge in [0.05, 0.1) is 11.0 Å². The van der Waals surface area contributed by atoms with Crippen molar-refractivity contribution in [1.82, 2.24) is 4.57 Å². The standard InChI is InChI=1S/C46H34N2/c1-3-46(2)42-20-12-10-18-38(42)39-28-26-37(31-43(39)46)47(35-24-22-33(23-25-35)32-14-6-4-7-15-32)36-27-29-45-41(30-36)40-19-11-13-21-44(40)48(45)34-16-8-5-9-17-34/h3-31H,1H2,2H3. The van der Waals surface area contributed by atoms with E-state index in [0.29, 0.717) is 0 Å². The SMILES string of the molecule is C=CC1(C)c2ccccc2-c2ccc(N(c3ccc(-c4ccccc4)cc3)c3ccc4c(c3)c3ccccc3n4-c3ccccc3)cc21. The zero-order valence-corrected chi connectivity index (χ0v) is 26.8. The monoisotopic (exact) mass is 614 g/mol. The molecule has 8 aromatic rings. The molecule has 0 spiro atoms. The molecule has 0 radical (unpaired) electrons. The average Bonchev–Trinajstić information content (AvgIpc) is 3.62. The summed E-state index contributed by atoms with van der Waals surface area (Å²) >= 11 is 0. The van der Waals surface area contributed by atoms with Crippen molar-refractivity contribution in [2.75, 3.05) is 4.90 Å². The lowest BCUT2D eigenvalue weighted by Crippen LogP contribution is -2.18. The van der Waals surface area contributed by atoms with Gasteiger partial charge in [0.25, 0.3) is 0 Å². The van der Waals surface area contributed by atoms with E-state index in [2.05, 4.69) is 199 Å². The molecule has 0 aliphatic heterocycles. The summed E-state index contributed by atoms with van der Waals surface area (Å²) in [7, 11) is 0. The Bertz CT molecular complexity index is 2470. The van der Waals surface area contributed by atoms with Crippen molar-refractivity contribution in [2.45, 2.75) is 12.3 Å². The molecule has 1 aromatic heterocycles. The van der Waals surface area contributed by atoms with Crippen LogP contribution in [0.2, 0.25) is 0 Å². The van der Waals surface area contributed by atoms with Crippen molar-refractivity contribution >= 4 is 38.9 Å². The van der Waals surface area contributed by atoms with Gasteiger partial charge in [-0.15, -0.1) is 6.58 Å². The minimum atomic E-state index is -0.280. The van der Waals surface area contributed by atoms with Crippen molar-refractivity contribution in [3.63, 3.8) is 0 Å². The Labute approximate surface area is 281 Å². The van der Waals surface area contributed by atoms with Gasteiger partial charge in [-0.25, -0.2) is 0 Å². The van der Waals surface area contributed by atoms with Gasteiger partial charge in [0.15, 0.2) is 0 Å². The number of para-hydroxylation sites is 2. The van der Waals surface area contributed by atoms with Crippen molar-refractivity contribution < 1.29 is 0 Å². The molecule has 2 heteroatoms. The largest absolute Gasteiger partial charge is 0.310 e. The summed E-state index contributed by atoms with van der Waals surface area (Å²) in [5, 5.41) is 2.46. The van der Waals surface area contributed by atoms with Crippen LogP contribution in [-0.4, -0.2) is 4.57 Å². The summed E-state index contributed by atoms with van der Waals surface area (Å²) in [5.41, 5.74) is 14.2. The van der Waals surface area contributed by atoms with Crippen LogP contribution in [-0.2, 0) is 5.41 Å². The topological polar surface area (TPSA) is 8.17 Å². The molecule has 0 saturated heterocycles. The predicted molar refractivity (Wildman–Crippen MR) is 203 cm³/mol. The lowest BCUT2D eigenvalue weighted by atomic mass is 9.80. The molecule has 0 amide bonds. The van der Waals surface area contributed by atoms with Crippen LogP contribution in [0.3, 0.4) is 0 Å². The number of rotatable bonds is 6. The Kier molecular flexibility index (Phi) is 6.45. The number of nitrogens with zero attached hydrogens (tertiary/aromatic N) is 2. The number of aromatic nitrogens is 1. The minimum Gasteiger partial charge on any atom is -0.310 e. The first-order valence-corrected chi connectivity index (χ1v) is 16.6. The van der Waals surface area contributed by atoms with E-state index < -0.39 is 0 Å². The second kappa shape index (κ2) is 11.0. The van der Waals surface area contributed by atoms with Gasteiger partial charge in [-0.2, -0.15) is 0 Å². The van der Waals surface area contributed by atoms with E-state index in [1.807, 2.05) is 0 Å². The Balaban J connectivity index is 1.26. The molecule has 1 aliphatic carbocycles. The average molecular weight is 615 g/mol. The molecular formula is C46H34N2. The van der Waals surface area contributed by atoms with Gasteiger partial charge < -0.3 is 9.47 Å². The van der Waals surface area contributed by atoms with E-state index in [4.69, 9.17) is 0 Å². The lowest BCUT2D eigenvalue weighted by molar-refractivity contribution is 0.749. The summed E-state index contributed by atoms with van der Waals surface area (Å²) < 4.78 is 2.37. The Morgan fingerprint density at radius 2 is 1.08 bits per heavy atom. The van der Waals surface area contributed by atoms with Crippen LogP contribution in [0.15, 0.2) is 183 Å². The first kappa shape index (κ1) is 28.1. The molecule has 9 rings (SSSR count). The summed E-state index contributed by atoms with van der Waals surface area (Å²) in [5.74, 6) is 0. The van der Waals surface area contributed by atoms with Crippen LogP contribution in [0, 0.1) is 0 Å². The van der Waals surface area contributed by atoms with Crippen molar-refractivity contribution in [1.29, 1.82) is 0 Å². The van der Waals surface area contributed by atoms with Gasteiger partial charge in [0.2, 0.25) is 0 Å². The van der Waals surface area contributed by atoms with Gasteiger partial charge in [-0.05, 0) is 101 Å². The van der Waals surface area contributed by atoms with Gasteiger partial charge >= 0.3 is 0 Å². The molecule has 2 nitrogen and oxygen atoms in total. The number of benzene rings is 7. The molecule has 1 atom stereocenters. The Morgan fingerprint density at radius 1 is 0.500 bits per heavy atom. The molecule has 0 N–H and O–H groups in total.